The van der Waals surface area contributed by atoms with Crippen molar-refractivity contribution < 1.29 is 4.74 Å². The number of rotatable bonds is 6. The predicted molar refractivity (Wildman–Crippen MR) is 92.7 cm³/mol. The Morgan fingerprint density at radius 1 is 1.10 bits per heavy atom. The number of hydrogen-bond acceptors (Lipinski definition) is 2. The van der Waals surface area contributed by atoms with Crippen molar-refractivity contribution in [1.29, 1.82) is 0 Å². The molecule has 5 heteroatoms. The zero-order valence-electron chi connectivity index (χ0n) is 11.6. The lowest BCUT2D eigenvalue weighted by Crippen LogP contribution is -2.13. The van der Waals surface area contributed by atoms with E-state index in [-0.39, 0.29) is 0 Å². The maximum absolute atomic E-state index is 5.97. The fourth-order valence-electron chi connectivity index (χ4n) is 1.86. The first-order valence-electron chi connectivity index (χ1n) is 6.71. The van der Waals surface area contributed by atoms with Crippen LogP contribution in [0.2, 0.25) is 10.0 Å². The third kappa shape index (κ3) is 5.19. The second kappa shape index (κ2) is 8.04. The molecule has 0 aliphatic rings. The van der Waals surface area contributed by atoms with Gasteiger partial charge in [-0.15, -0.1) is 0 Å². The Hall–Kier alpha value is -0.740. The van der Waals surface area contributed by atoms with Crippen molar-refractivity contribution in [3.8, 4) is 11.5 Å². The summed E-state index contributed by atoms with van der Waals surface area (Å²) in [5, 5.41) is 4.47. The molecule has 0 aromatic heterocycles. The van der Waals surface area contributed by atoms with E-state index in [2.05, 4.69) is 28.2 Å². The van der Waals surface area contributed by atoms with Gasteiger partial charge in [0.2, 0.25) is 0 Å². The lowest BCUT2D eigenvalue weighted by Gasteiger charge is -2.10. The largest absolute Gasteiger partial charge is 0.456 e. The van der Waals surface area contributed by atoms with Crippen molar-refractivity contribution >= 4 is 39.1 Å². The highest BCUT2D eigenvalue weighted by atomic mass is 79.9. The fourth-order valence-corrected chi connectivity index (χ4v) is 2.87. The van der Waals surface area contributed by atoms with Gasteiger partial charge in [-0.2, -0.15) is 0 Å². The summed E-state index contributed by atoms with van der Waals surface area (Å²) in [7, 11) is 0. The average Bonchev–Trinajstić information content (AvgIpc) is 2.41. The molecule has 2 rings (SSSR count). The van der Waals surface area contributed by atoms with E-state index >= 15 is 0 Å². The van der Waals surface area contributed by atoms with E-state index in [4.69, 9.17) is 27.9 Å². The van der Waals surface area contributed by atoms with Gasteiger partial charge in [-0.25, -0.2) is 0 Å². The highest BCUT2D eigenvalue weighted by Gasteiger charge is 2.06. The van der Waals surface area contributed by atoms with Gasteiger partial charge in [0.05, 0.1) is 4.47 Å². The first-order valence-corrected chi connectivity index (χ1v) is 8.26. The Kier molecular flexibility index (Phi) is 6.37. The summed E-state index contributed by atoms with van der Waals surface area (Å²) in [6, 6.07) is 11.2. The quantitative estimate of drug-likeness (QED) is 0.608. The smallest absolute Gasteiger partial charge is 0.141 e. The summed E-state index contributed by atoms with van der Waals surface area (Å²) < 4.78 is 6.71. The molecule has 0 bridgehead atoms. The molecular formula is C16H16BrCl2NO. The Bertz CT molecular complexity index is 599. The molecule has 0 amide bonds. The monoisotopic (exact) mass is 387 g/mol. The Morgan fingerprint density at radius 2 is 1.81 bits per heavy atom. The molecule has 0 unspecified atom stereocenters. The van der Waals surface area contributed by atoms with E-state index in [0.29, 0.717) is 15.8 Å². The van der Waals surface area contributed by atoms with Gasteiger partial charge in [0.15, 0.2) is 0 Å². The molecule has 2 nitrogen and oxygen atoms in total. The topological polar surface area (TPSA) is 21.3 Å². The molecular weight excluding hydrogens is 373 g/mol. The van der Waals surface area contributed by atoms with Crippen LogP contribution in [-0.4, -0.2) is 6.54 Å². The van der Waals surface area contributed by atoms with Gasteiger partial charge in [0.1, 0.15) is 11.5 Å². The van der Waals surface area contributed by atoms with E-state index in [1.54, 1.807) is 18.2 Å². The minimum absolute atomic E-state index is 0.550. The van der Waals surface area contributed by atoms with Crippen molar-refractivity contribution in [2.75, 3.05) is 6.54 Å². The third-order valence-electron chi connectivity index (χ3n) is 2.82. The fraction of sp³-hybridized carbons (Fsp3) is 0.250. The molecule has 0 saturated carbocycles. The molecule has 2 aromatic rings. The molecule has 0 aliphatic carbocycles. The Labute approximate surface area is 143 Å². The van der Waals surface area contributed by atoms with E-state index in [9.17, 15) is 0 Å². The normalized spacial score (nSPS) is 10.7. The SMILES string of the molecule is CCCNCc1ccc(Oc2cc(Cl)cc(Cl)c2)c(Br)c1. The molecule has 1 N–H and O–H groups in total. The van der Waals surface area contributed by atoms with Crippen LogP contribution >= 0.6 is 39.1 Å². The van der Waals surface area contributed by atoms with E-state index in [1.807, 2.05) is 18.2 Å². The van der Waals surface area contributed by atoms with Crippen molar-refractivity contribution in [1.82, 2.24) is 5.32 Å². The molecule has 0 spiro atoms. The highest BCUT2D eigenvalue weighted by Crippen LogP contribution is 2.33. The summed E-state index contributed by atoms with van der Waals surface area (Å²) >= 11 is 15.5. The van der Waals surface area contributed by atoms with Crippen molar-refractivity contribution in [3.63, 3.8) is 0 Å². The van der Waals surface area contributed by atoms with Crippen LogP contribution in [0.25, 0.3) is 0 Å². The van der Waals surface area contributed by atoms with Gasteiger partial charge in [-0.1, -0.05) is 36.2 Å². The maximum Gasteiger partial charge on any atom is 0.141 e. The van der Waals surface area contributed by atoms with Gasteiger partial charge in [-0.3, -0.25) is 0 Å². The Morgan fingerprint density at radius 3 is 2.43 bits per heavy atom. The van der Waals surface area contributed by atoms with Gasteiger partial charge >= 0.3 is 0 Å². The summed E-state index contributed by atoms with van der Waals surface area (Å²) in [6.07, 6.45) is 1.12. The van der Waals surface area contributed by atoms with Crippen LogP contribution in [0.3, 0.4) is 0 Å². The minimum atomic E-state index is 0.550. The lowest BCUT2D eigenvalue weighted by molar-refractivity contribution is 0.479. The van der Waals surface area contributed by atoms with Crippen molar-refractivity contribution in [3.05, 3.63) is 56.5 Å². The van der Waals surface area contributed by atoms with E-state index in [1.165, 1.54) is 5.56 Å². The lowest BCUT2D eigenvalue weighted by atomic mass is 10.2. The number of hydrogen-bond donors (Lipinski definition) is 1. The first-order chi connectivity index (χ1) is 10.1. The van der Waals surface area contributed by atoms with Crippen LogP contribution in [0.15, 0.2) is 40.9 Å². The minimum Gasteiger partial charge on any atom is -0.456 e. The maximum atomic E-state index is 5.97. The standard InChI is InChI=1S/C16H16BrCl2NO/c1-2-5-20-10-11-3-4-16(15(17)6-11)21-14-8-12(18)7-13(19)9-14/h3-4,6-9,20H,2,5,10H2,1H3. The zero-order valence-corrected chi connectivity index (χ0v) is 14.7. The van der Waals surface area contributed by atoms with Gasteiger partial charge in [0, 0.05) is 16.6 Å². The molecule has 21 heavy (non-hydrogen) atoms. The van der Waals surface area contributed by atoms with Crippen molar-refractivity contribution in [2.45, 2.75) is 19.9 Å². The molecule has 0 atom stereocenters. The number of benzene rings is 2. The summed E-state index contributed by atoms with van der Waals surface area (Å²) in [5.41, 5.74) is 1.20. The van der Waals surface area contributed by atoms with Gasteiger partial charge in [0.25, 0.3) is 0 Å². The number of halogens is 3. The van der Waals surface area contributed by atoms with Crippen LogP contribution in [0.5, 0.6) is 11.5 Å². The average molecular weight is 389 g/mol. The van der Waals surface area contributed by atoms with E-state index < -0.39 is 0 Å². The van der Waals surface area contributed by atoms with Gasteiger partial charge < -0.3 is 10.1 Å². The second-order valence-corrected chi connectivity index (χ2v) is 6.38. The van der Waals surface area contributed by atoms with Crippen LogP contribution in [-0.2, 0) is 6.54 Å². The third-order valence-corrected chi connectivity index (χ3v) is 3.87. The second-order valence-electron chi connectivity index (χ2n) is 4.65. The predicted octanol–water partition coefficient (Wildman–Crippen LogP) is 6.05. The Balaban J connectivity index is 2.10. The molecule has 2 aromatic carbocycles. The molecule has 0 saturated heterocycles. The summed E-state index contributed by atoms with van der Waals surface area (Å²) in [5.74, 6) is 1.35. The van der Waals surface area contributed by atoms with Crippen LogP contribution < -0.4 is 10.1 Å². The zero-order chi connectivity index (χ0) is 15.2. The summed E-state index contributed by atoms with van der Waals surface area (Å²) in [4.78, 5) is 0. The highest BCUT2D eigenvalue weighted by molar-refractivity contribution is 9.10. The van der Waals surface area contributed by atoms with Gasteiger partial charge in [-0.05, 0) is 64.8 Å². The van der Waals surface area contributed by atoms with E-state index in [0.717, 1.165) is 29.7 Å². The van der Waals surface area contributed by atoms with Crippen LogP contribution in [0.1, 0.15) is 18.9 Å². The number of nitrogens with one attached hydrogen (secondary N) is 1. The van der Waals surface area contributed by atoms with Crippen LogP contribution in [0.4, 0.5) is 0 Å². The molecule has 0 heterocycles. The van der Waals surface area contributed by atoms with Crippen molar-refractivity contribution in [2.24, 2.45) is 0 Å². The van der Waals surface area contributed by atoms with Crippen LogP contribution in [0, 0.1) is 0 Å². The molecule has 112 valence electrons. The number of ether oxygens (including phenoxy) is 1. The summed E-state index contributed by atoms with van der Waals surface area (Å²) in [6.45, 7) is 4.00. The molecule has 0 radical (unpaired) electrons. The molecule has 0 fully saturated rings. The molecule has 0 aliphatic heterocycles. The first kappa shape index (κ1) is 16.6.